The van der Waals surface area contributed by atoms with Gasteiger partial charge in [0.25, 0.3) is 0 Å². The molecule has 13 heteroatoms. The van der Waals surface area contributed by atoms with Crippen molar-refractivity contribution >= 4 is 22.9 Å². The van der Waals surface area contributed by atoms with E-state index in [1.165, 1.54) is 30.4 Å². The third kappa shape index (κ3) is 6.70. The number of ether oxygens (including phenoxy) is 1. The third-order valence-corrected chi connectivity index (χ3v) is 9.10. The number of benzene rings is 2. The van der Waals surface area contributed by atoms with E-state index in [0.29, 0.717) is 48.4 Å². The first kappa shape index (κ1) is 31.2. The number of aromatic nitrogens is 7. The lowest BCUT2D eigenvalue weighted by Crippen LogP contribution is -2.34. The Kier molecular flexibility index (Phi) is 9.38. The van der Waals surface area contributed by atoms with Crippen LogP contribution in [0.2, 0.25) is 0 Å². The highest BCUT2D eigenvalue weighted by Crippen LogP contribution is 2.39. The Morgan fingerprint density at radius 3 is 2.28 bits per heavy atom. The van der Waals surface area contributed by atoms with Gasteiger partial charge in [0, 0.05) is 32.1 Å². The summed E-state index contributed by atoms with van der Waals surface area (Å²) < 4.78 is 9.53. The van der Waals surface area contributed by atoms with Gasteiger partial charge in [0.2, 0.25) is 5.95 Å². The fourth-order valence-electron chi connectivity index (χ4n) is 6.51. The van der Waals surface area contributed by atoms with E-state index in [2.05, 4.69) is 79.1 Å². The largest absolute Gasteiger partial charge is 0.387 e. The highest BCUT2D eigenvalue weighted by molar-refractivity contribution is 5.84. The van der Waals surface area contributed by atoms with E-state index in [1.807, 2.05) is 19.1 Å². The Morgan fingerprint density at radius 2 is 1.60 bits per heavy atom. The Bertz CT molecular complexity index is 1700. The SMILES string of the molecule is CCn1cnc([C@H]2O[C@@H](n3cnc4c(NCC(c5ccccc5)c5ccccc5)nc(NCCN5CCCCC5)nc43)[C@H](O)[C@@H]2O)n1. The number of imidazole rings is 1. The van der Waals surface area contributed by atoms with Crippen molar-refractivity contribution in [1.29, 1.82) is 0 Å². The molecule has 4 N–H and O–H groups in total. The maximum absolute atomic E-state index is 11.2. The quantitative estimate of drug-likeness (QED) is 0.159. The highest BCUT2D eigenvalue weighted by atomic mass is 16.6. The summed E-state index contributed by atoms with van der Waals surface area (Å²) in [6.45, 7) is 6.93. The minimum atomic E-state index is -1.26. The maximum Gasteiger partial charge on any atom is 0.226 e. The van der Waals surface area contributed by atoms with Crippen molar-refractivity contribution < 1.29 is 14.9 Å². The molecule has 5 aromatic rings. The number of fused-ring (bicyclic) bond motifs is 1. The van der Waals surface area contributed by atoms with E-state index >= 15 is 0 Å². The van der Waals surface area contributed by atoms with Gasteiger partial charge in [0.15, 0.2) is 35.1 Å². The molecule has 4 atom stereocenters. The first-order valence-electron chi connectivity index (χ1n) is 16.5. The number of anilines is 2. The molecule has 0 aliphatic carbocycles. The topological polar surface area (TPSA) is 151 Å². The van der Waals surface area contributed by atoms with E-state index in [0.717, 1.165) is 19.6 Å². The number of hydrogen-bond acceptors (Lipinski definition) is 11. The van der Waals surface area contributed by atoms with Crippen molar-refractivity contribution in [2.45, 2.75) is 63.2 Å². The molecule has 0 amide bonds. The lowest BCUT2D eigenvalue weighted by atomic mass is 9.91. The van der Waals surface area contributed by atoms with Crippen LogP contribution in [0.15, 0.2) is 73.3 Å². The molecular formula is C34H42N10O3. The van der Waals surface area contributed by atoms with Crippen LogP contribution >= 0.6 is 0 Å². The van der Waals surface area contributed by atoms with Crippen LogP contribution in [0.4, 0.5) is 11.8 Å². The smallest absolute Gasteiger partial charge is 0.226 e. The van der Waals surface area contributed by atoms with Crippen molar-refractivity contribution in [2.24, 2.45) is 0 Å². The zero-order chi connectivity index (χ0) is 32.2. The second-order valence-electron chi connectivity index (χ2n) is 12.2. The van der Waals surface area contributed by atoms with Gasteiger partial charge in [-0.1, -0.05) is 67.1 Å². The summed E-state index contributed by atoms with van der Waals surface area (Å²) in [7, 11) is 0. The molecule has 2 aliphatic rings. The molecule has 2 fully saturated rings. The van der Waals surface area contributed by atoms with Crippen molar-refractivity contribution in [1.82, 2.24) is 39.2 Å². The molecule has 2 aromatic carbocycles. The van der Waals surface area contributed by atoms with E-state index in [-0.39, 0.29) is 5.92 Å². The standard InChI is InChI=1S/C34H42N10O3/c1-2-43-21-38-31(41-43)29-27(45)28(46)33(47-29)44-22-37-26-30(39-34(40-32(26)44)35-16-19-42-17-10-5-11-18-42)36-20-25(23-12-6-3-7-13-23)24-14-8-4-9-15-24/h3-4,6-9,12-15,21-22,25,27-29,33,45-46H,2,5,10-11,16-20H2,1H3,(H2,35,36,39,40)/t27-,28+,29-,33+/m0/s1. The fourth-order valence-corrected chi connectivity index (χ4v) is 6.51. The van der Waals surface area contributed by atoms with Crippen LogP contribution in [0.25, 0.3) is 11.2 Å². The molecule has 7 rings (SSSR count). The predicted molar refractivity (Wildman–Crippen MR) is 178 cm³/mol. The molecule has 3 aromatic heterocycles. The van der Waals surface area contributed by atoms with E-state index in [9.17, 15) is 10.2 Å². The first-order chi connectivity index (χ1) is 23.1. The minimum Gasteiger partial charge on any atom is -0.387 e. The number of aryl methyl sites for hydroxylation is 1. The Labute approximate surface area is 273 Å². The monoisotopic (exact) mass is 638 g/mol. The van der Waals surface area contributed by atoms with Crippen molar-refractivity contribution in [3.63, 3.8) is 0 Å². The van der Waals surface area contributed by atoms with Crippen LogP contribution in [-0.4, -0.2) is 94.3 Å². The molecule has 246 valence electrons. The van der Waals surface area contributed by atoms with Crippen LogP contribution in [-0.2, 0) is 11.3 Å². The van der Waals surface area contributed by atoms with Gasteiger partial charge >= 0.3 is 0 Å². The van der Waals surface area contributed by atoms with Gasteiger partial charge in [-0.3, -0.25) is 9.25 Å². The average Bonchev–Trinajstić information content (AvgIpc) is 3.84. The summed E-state index contributed by atoms with van der Waals surface area (Å²) in [5, 5.41) is 33.6. The van der Waals surface area contributed by atoms with Crippen LogP contribution in [0.3, 0.4) is 0 Å². The summed E-state index contributed by atoms with van der Waals surface area (Å²) in [5.41, 5.74) is 3.38. The Morgan fingerprint density at radius 1 is 0.872 bits per heavy atom. The van der Waals surface area contributed by atoms with Crippen molar-refractivity contribution in [3.8, 4) is 0 Å². The Hall–Kier alpha value is -4.43. The number of nitrogens with one attached hydrogen (secondary N) is 2. The fraction of sp³-hybridized carbons (Fsp3) is 0.441. The number of likely N-dealkylation sites (tertiary alicyclic amines) is 1. The van der Waals surface area contributed by atoms with Crippen LogP contribution in [0, 0.1) is 0 Å². The van der Waals surface area contributed by atoms with Gasteiger partial charge in [-0.05, 0) is 44.0 Å². The molecule has 0 bridgehead atoms. The molecule has 0 unspecified atom stereocenters. The molecular weight excluding hydrogens is 596 g/mol. The van der Waals surface area contributed by atoms with Gasteiger partial charge in [0.1, 0.15) is 18.5 Å². The van der Waals surface area contributed by atoms with Gasteiger partial charge < -0.3 is 30.5 Å². The van der Waals surface area contributed by atoms with Gasteiger partial charge in [-0.25, -0.2) is 9.97 Å². The van der Waals surface area contributed by atoms with Gasteiger partial charge in [-0.2, -0.15) is 15.1 Å². The second-order valence-corrected chi connectivity index (χ2v) is 12.2. The number of aliphatic hydroxyl groups is 2. The number of aliphatic hydroxyl groups excluding tert-OH is 2. The van der Waals surface area contributed by atoms with Crippen LogP contribution in [0.5, 0.6) is 0 Å². The average molecular weight is 639 g/mol. The summed E-state index contributed by atoms with van der Waals surface area (Å²) >= 11 is 0. The third-order valence-electron chi connectivity index (χ3n) is 9.10. The lowest BCUT2D eigenvalue weighted by molar-refractivity contribution is -0.0383. The molecule has 5 heterocycles. The second kappa shape index (κ2) is 14.1. The number of hydrogen-bond donors (Lipinski definition) is 4. The van der Waals surface area contributed by atoms with E-state index in [4.69, 9.17) is 14.7 Å². The van der Waals surface area contributed by atoms with Crippen molar-refractivity contribution in [2.75, 3.05) is 43.4 Å². The van der Waals surface area contributed by atoms with E-state index in [1.54, 1.807) is 21.9 Å². The molecule has 13 nitrogen and oxygen atoms in total. The summed E-state index contributed by atoms with van der Waals surface area (Å²) in [6, 6.07) is 20.8. The lowest BCUT2D eigenvalue weighted by Gasteiger charge is -2.26. The number of nitrogens with zero attached hydrogens (tertiary/aromatic N) is 8. The van der Waals surface area contributed by atoms with Crippen LogP contribution < -0.4 is 10.6 Å². The van der Waals surface area contributed by atoms with Gasteiger partial charge in [0.05, 0.1) is 6.33 Å². The summed E-state index contributed by atoms with van der Waals surface area (Å²) in [6.07, 6.45) is 2.56. The zero-order valence-corrected chi connectivity index (χ0v) is 26.6. The summed E-state index contributed by atoms with van der Waals surface area (Å²) in [5.74, 6) is 1.39. The first-order valence-corrected chi connectivity index (χ1v) is 16.5. The van der Waals surface area contributed by atoms with Crippen LogP contribution in [0.1, 0.15) is 61.4 Å². The predicted octanol–water partition coefficient (Wildman–Crippen LogP) is 3.57. The molecule has 0 spiro atoms. The normalized spacial score (nSPS) is 21.9. The van der Waals surface area contributed by atoms with E-state index < -0.39 is 24.5 Å². The molecule has 2 aliphatic heterocycles. The minimum absolute atomic E-state index is 0.0614. The Balaban J connectivity index is 1.19. The molecule has 47 heavy (non-hydrogen) atoms. The maximum atomic E-state index is 11.2. The zero-order valence-electron chi connectivity index (χ0n) is 26.6. The number of rotatable bonds is 12. The molecule has 2 saturated heterocycles. The molecule has 0 saturated carbocycles. The highest BCUT2D eigenvalue weighted by Gasteiger charge is 2.47. The number of piperidine rings is 1. The van der Waals surface area contributed by atoms with Gasteiger partial charge in [-0.15, -0.1) is 0 Å². The summed E-state index contributed by atoms with van der Waals surface area (Å²) in [4.78, 5) is 21.2. The molecule has 0 radical (unpaired) electrons. The van der Waals surface area contributed by atoms with Crippen molar-refractivity contribution in [3.05, 3.63) is 90.3 Å².